The van der Waals surface area contributed by atoms with E-state index in [2.05, 4.69) is 39.8 Å². The van der Waals surface area contributed by atoms with Crippen molar-refractivity contribution in [2.75, 3.05) is 36.9 Å². The van der Waals surface area contributed by atoms with Crippen LogP contribution in [0.2, 0.25) is 0 Å². The Bertz CT molecular complexity index is 1510. The summed E-state index contributed by atoms with van der Waals surface area (Å²) in [5, 5.41) is 9.49. The first-order valence-corrected chi connectivity index (χ1v) is 14.2. The Labute approximate surface area is 240 Å². The number of carbonyl (C=O) groups is 2. The van der Waals surface area contributed by atoms with Gasteiger partial charge in [-0.05, 0) is 55.2 Å². The third-order valence-corrected chi connectivity index (χ3v) is 7.42. The smallest absolute Gasteiger partial charge is 0.319 e. The van der Waals surface area contributed by atoms with Gasteiger partial charge in [-0.3, -0.25) is 4.79 Å². The van der Waals surface area contributed by atoms with E-state index in [-0.39, 0.29) is 18.0 Å². The van der Waals surface area contributed by atoms with Crippen molar-refractivity contribution in [3.63, 3.8) is 0 Å². The molecule has 3 N–H and O–H groups in total. The van der Waals surface area contributed by atoms with E-state index in [9.17, 15) is 9.59 Å². The summed E-state index contributed by atoms with van der Waals surface area (Å²) in [6.07, 6.45) is 10.1. The highest BCUT2D eigenvalue weighted by atomic mass is 16.5. The Morgan fingerprint density at radius 1 is 1.07 bits per heavy atom. The average Bonchev–Trinajstić information content (AvgIpc) is 3.48. The number of amides is 3. The standard InChI is InChI=1S/C31H37N7O3/c1-4-7-24(5-2)34-31(40)36-26-9-6-8-25(21(26)3)23-18-27(29-32-12-13-38(29)20-23)35-28-11-10-22(19-33-28)30(39)37-14-16-41-17-15-37/h6,8-13,18-20,24H,4-5,7,14-17H2,1-3H3,(H,33,35)(H2,34,36,40). The highest BCUT2D eigenvalue weighted by molar-refractivity contribution is 5.94. The highest BCUT2D eigenvalue weighted by Gasteiger charge is 2.19. The first kappa shape index (κ1) is 28.1. The quantitative estimate of drug-likeness (QED) is 0.247. The van der Waals surface area contributed by atoms with Crippen molar-refractivity contribution in [1.82, 2.24) is 24.6 Å². The van der Waals surface area contributed by atoms with E-state index in [0.717, 1.165) is 53.0 Å². The molecule has 0 saturated carbocycles. The molecule has 4 heterocycles. The van der Waals surface area contributed by atoms with E-state index in [1.54, 1.807) is 29.4 Å². The zero-order valence-electron chi connectivity index (χ0n) is 23.8. The predicted molar refractivity (Wildman–Crippen MR) is 161 cm³/mol. The fourth-order valence-electron chi connectivity index (χ4n) is 5.11. The molecule has 10 heteroatoms. The molecule has 1 atom stereocenters. The maximum atomic E-state index is 12.8. The number of fused-ring (bicyclic) bond motifs is 1. The molecule has 3 amide bonds. The summed E-state index contributed by atoms with van der Waals surface area (Å²) < 4.78 is 7.30. The molecule has 4 aromatic rings. The maximum absolute atomic E-state index is 12.8. The third kappa shape index (κ3) is 6.49. The second-order valence-corrected chi connectivity index (χ2v) is 10.2. The minimum Gasteiger partial charge on any atom is -0.378 e. The molecule has 3 aromatic heterocycles. The van der Waals surface area contributed by atoms with Crippen molar-refractivity contribution < 1.29 is 14.3 Å². The number of hydrogen-bond donors (Lipinski definition) is 3. The van der Waals surface area contributed by atoms with Crippen molar-refractivity contribution in [2.24, 2.45) is 0 Å². The van der Waals surface area contributed by atoms with Gasteiger partial charge in [-0.1, -0.05) is 32.4 Å². The number of ether oxygens (including phenoxy) is 1. The van der Waals surface area contributed by atoms with E-state index in [1.165, 1.54) is 0 Å². The highest BCUT2D eigenvalue weighted by Crippen LogP contribution is 2.32. The van der Waals surface area contributed by atoms with Gasteiger partial charge in [0, 0.05) is 55.2 Å². The zero-order chi connectivity index (χ0) is 28.8. The van der Waals surface area contributed by atoms with Gasteiger partial charge in [0.25, 0.3) is 5.91 Å². The van der Waals surface area contributed by atoms with E-state index < -0.39 is 0 Å². The number of imidazole rings is 1. The number of rotatable bonds is 9. The monoisotopic (exact) mass is 555 g/mol. The molecule has 1 aromatic carbocycles. The maximum Gasteiger partial charge on any atom is 0.319 e. The normalized spacial score (nSPS) is 14.1. The number of anilines is 3. The Morgan fingerprint density at radius 2 is 1.90 bits per heavy atom. The number of nitrogens with zero attached hydrogens (tertiary/aromatic N) is 4. The lowest BCUT2D eigenvalue weighted by Gasteiger charge is -2.26. The molecule has 0 radical (unpaired) electrons. The second kappa shape index (κ2) is 12.8. The van der Waals surface area contributed by atoms with E-state index >= 15 is 0 Å². The molecule has 0 spiro atoms. The lowest BCUT2D eigenvalue weighted by molar-refractivity contribution is 0.0302. The van der Waals surface area contributed by atoms with Gasteiger partial charge in [-0.2, -0.15) is 0 Å². The summed E-state index contributed by atoms with van der Waals surface area (Å²) in [4.78, 5) is 36.3. The molecular formula is C31H37N7O3. The molecule has 214 valence electrons. The summed E-state index contributed by atoms with van der Waals surface area (Å²) in [6, 6.07) is 11.5. The van der Waals surface area contributed by atoms with Crippen molar-refractivity contribution in [1.29, 1.82) is 0 Å². The number of morpholine rings is 1. The van der Waals surface area contributed by atoms with Crippen LogP contribution >= 0.6 is 0 Å². The molecule has 1 fully saturated rings. The van der Waals surface area contributed by atoms with Crippen LogP contribution in [0.25, 0.3) is 16.8 Å². The van der Waals surface area contributed by atoms with Gasteiger partial charge >= 0.3 is 6.03 Å². The lowest BCUT2D eigenvalue weighted by Crippen LogP contribution is -2.40. The average molecular weight is 556 g/mol. The number of nitrogens with one attached hydrogen (secondary N) is 3. The topological polar surface area (TPSA) is 113 Å². The van der Waals surface area contributed by atoms with Crippen molar-refractivity contribution in [3.05, 3.63) is 72.3 Å². The molecule has 0 aliphatic carbocycles. The Hall–Kier alpha value is -4.44. The summed E-state index contributed by atoms with van der Waals surface area (Å²) in [5.74, 6) is 0.560. The summed E-state index contributed by atoms with van der Waals surface area (Å²) in [5.41, 5.74) is 5.72. The first-order chi connectivity index (χ1) is 20.0. The summed E-state index contributed by atoms with van der Waals surface area (Å²) in [7, 11) is 0. The molecule has 1 saturated heterocycles. The Morgan fingerprint density at radius 3 is 2.63 bits per heavy atom. The van der Waals surface area contributed by atoms with Crippen LogP contribution in [0.1, 0.15) is 49.0 Å². The fourth-order valence-corrected chi connectivity index (χ4v) is 5.11. The van der Waals surface area contributed by atoms with Gasteiger partial charge in [0.2, 0.25) is 0 Å². The molecule has 10 nitrogen and oxygen atoms in total. The van der Waals surface area contributed by atoms with Crippen LogP contribution in [-0.2, 0) is 4.74 Å². The number of pyridine rings is 2. The number of urea groups is 1. The summed E-state index contributed by atoms with van der Waals surface area (Å²) in [6.45, 7) is 8.49. The van der Waals surface area contributed by atoms with Crippen molar-refractivity contribution >= 4 is 34.8 Å². The second-order valence-electron chi connectivity index (χ2n) is 10.2. The van der Waals surface area contributed by atoms with Gasteiger partial charge in [-0.15, -0.1) is 0 Å². The van der Waals surface area contributed by atoms with Gasteiger partial charge in [0.05, 0.1) is 24.5 Å². The molecule has 1 aliphatic rings. The van der Waals surface area contributed by atoms with Crippen LogP contribution in [0.5, 0.6) is 0 Å². The van der Waals surface area contributed by atoms with Gasteiger partial charge in [0.15, 0.2) is 5.65 Å². The number of benzene rings is 1. The number of aromatic nitrogens is 3. The largest absolute Gasteiger partial charge is 0.378 e. The van der Waals surface area contributed by atoms with Crippen LogP contribution in [0, 0.1) is 6.92 Å². The van der Waals surface area contributed by atoms with Crippen LogP contribution < -0.4 is 16.0 Å². The van der Waals surface area contributed by atoms with Gasteiger partial charge < -0.3 is 30.0 Å². The molecule has 0 bridgehead atoms. The SMILES string of the molecule is CCCC(CC)NC(=O)Nc1cccc(-c2cc(Nc3ccc(C(=O)N4CCOCC4)cn3)c3nccn3c2)c1C. The van der Waals surface area contributed by atoms with E-state index in [4.69, 9.17) is 4.74 Å². The molecule has 1 unspecified atom stereocenters. The molecule has 1 aliphatic heterocycles. The minimum atomic E-state index is -0.195. The van der Waals surface area contributed by atoms with E-state index in [0.29, 0.717) is 37.7 Å². The zero-order valence-corrected chi connectivity index (χ0v) is 23.8. The Balaban J connectivity index is 1.37. The van der Waals surface area contributed by atoms with Crippen LogP contribution in [0.3, 0.4) is 0 Å². The minimum absolute atomic E-state index is 0.0433. The van der Waals surface area contributed by atoms with Crippen LogP contribution in [-0.4, -0.2) is 63.6 Å². The van der Waals surface area contributed by atoms with Crippen LogP contribution in [0.15, 0.2) is 61.2 Å². The molecule has 41 heavy (non-hydrogen) atoms. The third-order valence-electron chi connectivity index (χ3n) is 7.42. The van der Waals surface area contributed by atoms with Crippen LogP contribution in [0.4, 0.5) is 22.0 Å². The number of hydrogen-bond acceptors (Lipinski definition) is 6. The fraction of sp³-hybridized carbons (Fsp3) is 0.355. The number of carbonyl (C=O) groups excluding carboxylic acids is 2. The first-order valence-electron chi connectivity index (χ1n) is 14.2. The van der Waals surface area contributed by atoms with Crippen molar-refractivity contribution in [2.45, 2.75) is 46.1 Å². The Kier molecular flexibility index (Phi) is 8.79. The summed E-state index contributed by atoms with van der Waals surface area (Å²) >= 11 is 0. The van der Waals surface area contributed by atoms with Gasteiger partial charge in [0.1, 0.15) is 5.82 Å². The van der Waals surface area contributed by atoms with E-state index in [1.807, 2.05) is 48.0 Å². The molecular weight excluding hydrogens is 518 g/mol. The van der Waals surface area contributed by atoms with Crippen molar-refractivity contribution in [3.8, 4) is 11.1 Å². The predicted octanol–water partition coefficient (Wildman–Crippen LogP) is 5.62. The van der Waals surface area contributed by atoms with Gasteiger partial charge in [-0.25, -0.2) is 14.8 Å². The lowest BCUT2D eigenvalue weighted by atomic mass is 10.00. The molecule has 5 rings (SSSR count).